The van der Waals surface area contributed by atoms with Gasteiger partial charge in [-0.15, -0.1) is 12.4 Å². The normalized spacial score (nSPS) is 24.2. The first-order valence-electron chi connectivity index (χ1n) is 9.36. The molecule has 0 heterocycles. The van der Waals surface area contributed by atoms with Crippen LogP contribution in [-0.2, 0) is 32.3 Å². The Hall–Kier alpha value is -2.47. The maximum atomic E-state index is 13.6. The van der Waals surface area contributed by atoms with Crippen LogP contribution in [0.5, 0.6) is 0 Å². The Labute approximate surface area is 173 Å². The first kappa shape index (κ1) is 21.2. The van der Waals surface area contributed by atoms with Crippen molar-refractivity contribution in [2.45, 2.75) is 26.1 Å². The van der Waals surface area contributed by atoms with Gasteiger partial charge < -0.3 is 9.47 Å². The summed E-state index contributed by atoms with van der Waals surface area (Å²) in [7, 11) is 0. The van der Waals surface area contributed by atoms with E-state index < -0.39 is 23.6 Å². The van der Waals surface area contributed by atoms with Crippen molar-refractivity contribution in [1.29, 1.82) is 0 Å². The van der Waals surface area contributed by atoms with Crippen molar-refractivity contribution in [3.05, 3.63) is 71.3 Å². The molecule has 0 spiro atoms. The van der Waals surface area contributed by atoms with Crippen molar-refractivity contribution < 1.29 is 27.8 Å². The average molecular weight is 423 g/mol. The molecule has 0 bridgehead atoms. The van der Waals surface area contributed by atoms with Gasteiger partial charge in [-0.25, -0.2) is 8.78 Å². The molecule has 4 rings (SSSR count). The van der Waals surface area contributed by atoms with Crippen LogP contribution in [-0.4, -0.2) is 11.9 Å². The van der Waals surface area contributed by atoms with Crippen LogP contribution >= 0.6 is 12.4 Å². The zero-order valence-corrected chi connectivity index (χ0v) is 16.4. The van der Waals surface area contributed by atoms with Gasteiger partial charge in [-0.2, -0.15) is 0 Å². The van der Waals surface area contributed by atoms with Gasteiger partial charge in [0.2, 0.25) is 0 Å². The second-order valence-corrected chi connectivity index (χ2v) is 7.35. The van der Waals surface area contributed by atoms with E-state index in [-0.39, 0.29) is 49.3 Å². The summed E-state index contributed by atoms with van der Waals surface area (Å²) in [5.74, 6) is -2.33. The van der Waals surface area contributed by atoms with Crippen molar-refractivity contribution in [2.75, 3.05) is 0 Å². The summed E-state index contributed by atoms with van der Waals surface area (Å²) >= 11 is 0. The Morgan fingerprint density at radius 2 is 1.34 bits per heavy atom. The summed E-state index contributed by atoms with van der Waals surface area (Å²) in [5.41, 5.74) is 0.643. The largest absolute Gasteiger partial charge is 0.460 e. The molecule has 0 saturated heterocycles. The fraction of sp³-hybridized carbons (Fsp3) is 0.364. The molecule has 4 unspecified atom stereocenters. The van der Waals surface area contributed by atoms with Gasteiger partial charge in [0.15, 0.2) is 0 Å². The van der Waals surface area contributed by atoms with Gasteiger partial charge in [-0.1, -0.05) is 36.4 Å². The molecule has 2 aromatic rings. The fourth-order valence-corrected chi connectivity index (χ4v) is 4.22. The van der Waals surface area contributed by atoms with Gasteiger partial charge in [0.1, 0.15) is 24.8 Å². The molecule has 4 atom stereocenters. The third-order valence-electron chi connectivity index (χ3n) is 5.74. The van der Waals surface area contributed by atoms with E-state index in [1.807, 2.05) is 0 Å². The first-order chi connectivity index (χ1) is 13.6. The lowest BCUT2D eigenvalue weighted by Crippen LogP contribution is -2.21. The Morgan fingerprint density at radius 3 is 1.90 bits per heavy atom. The van der Waals surface area contributed by atoms with Crippen molar-refractivity contribution in [3.8, 4) is 0 Å². The summed E-state index contributed by atoms with van der Waals surface area (Å²) in [6.07, 6.45) is 1.41. The Bertz CT molecular complexity index is 904. The topological polar surface area (TPSA) is 52.6 Å². The summed E-state index contributed by atoms with van der Waals surface area (Å²) in [4.78, 5) is 24.8. The predicted octanol–water partition coefficient (Wildman–Crippen LogP) is 4.45. The van der Waals surface area contributed by atoms with Gasteiger partial charge in [0, 0.05) is 11.1 Å². The molecule has 154 valence electrons. The molecule has 2 aliphatic rings. The zero-order valence-electron chi connectivity index (χ0n) is 15.6. The molecule has 7 heteroatoms. The predicted molar refractivity (Wildman–Crippen MR) is 103 cm³/mol. The van der Waals surface area contributed by atoms with E-state index in [0.29, 0.717) is 17.5 Å². The number of rotatable bonds is 6. The van der Waals surface area contributed by atoms with Crippen molar-refractivity contribution >= 4 is 24.3 Å². The van der Waals surface area contributed by atoms with E-state index in [2.05, 4.69) is 0 Å². The standard InChI is InChI=1S/C22H20F2O4.ClH/c23-17-7-3-1-5-13(17)11-27-21(25)16-10-9-15-19(16)20(15)22(26)28-12-14-6-2-4-8-18(14)24;/h1-8,15-16,19-20H,9-12H2;1H. The molecule has 0 aliphatic heterocycles. The molecule has 2 aromatic carbocycles. The number of ether oxygens (including phenoxy) is 2. The van der Waals surface area contributed by atoms with Crippen molar-refractivity contribution in [1.82, 2.24) is 0 Å². The van der Waals surface area contributed by atoms with Gasteiger partial charge in [0.05, 0.1) is 11.8 Å². The second-order valence-electron chi connectivity index (χ2n) is 7.35. The third-order valence-corrected chi connectivity index (χ3v) is 5.74. The van der Waals surface area contributed by atoms with Gasteiger partial charge >= 0.3 is 11.9 Å². The number of esters is 2. The van der Waals surface area contributed by atoms with Crippen molar-refractivity contribution in [3.63, 3.8) is 0 Å². The van der Waals surface area contributed by atoms with E-state index in [4.69, 9.17) is 9.47 Å². The van der Waals surface area contributed by atoms with E-state index in [1.54, 1.807) is 36.4 Å². The minimum atomic E-state index is -0.416. The molecule has 0 radical (unpaired) electrons. The Morgan fingerprint density at radius 1 is 0.828 bits per heavy atom. The molecule has 0 N–H and O–H groups in total. The molecule has 0 aromatic heterocycles. The monoisotopic (exact) mass is 422 g/mol. The van der Waals surface area contributed by atoms with Crippen LogP contribution in [0.1, 0.15) is 24.0 Å². The lowest BCUT2D eigenvalue weighted by molar-refractivity contribution is -0.152. The number of benzene rings is 2. The van der Waals surface area contributed by atoms with E-state index >= 15 is 0 Å². The fourth-order valence-electron chi connectivity index (χ4n) is 4.22. The summed E-state index contributed by atoms with van der Waals surface area (Å²) in [5, 5.41) is 0. The van der Waals surface area contributed by atoms with Crippen LogP contribution in [0.2, 0.25) is 0 Å². The van der Waals surface area contributed by atoms with Crippen LogP contribution in [0, 0.1) is 35.3 Å². The summed E-state index contributed by atoms with van der Waals surface area (Å²) in [6.45, 7) is -0.244. The van der Waals surface area contributed by atoms with E-state index in [0.717, 1.165) is 6.42 Å². The molecule has 0 amide bonds. The second kappa shape index (κ2) is 8.91. The summed E-state index contributed by atoms with van der Waals surface area (Å²) in [6, 6.07) is 12.3. The maximum Gasteiger partial charge on any atom is 0.309 e. The first-order valence-corrected chi connectivity index (χ1v) is 9.36. The highest BCUT2D eigenvalue weighted by Crippen LogP contribution is 2.61. The molecule has 2 aliphatic carbocycles. The number of carbonyl (C=O) groups is 2. The molecule has 4 nitrogen and oxygen atoms in total. The van der Waals surface area contributed by atoms with Crippen LogP contribution < -0.4 is 0 Å². The Balaban J connectivity index is 0.00000240. The highest BCUT2D eigenvalue weighted by atomic mass is 35.5. The van der Waals surface area contributed by atoms with Crippen LogP contribution in [0.25, 0.3) is 0 Å². The van der Waals surface area contributed by atoms with Crippen LogP contribution in [0.3, 0.4) is 0 Å². The van der Waals surface area contributed by atoms with E-state index in [9.17, 15) is 18.4 Å². The SMILES string of the molecule is Cl.O=C(OCc1ccccc1F)C1CCC2C(C(=O)OCc3ccccc3F)C12. The summed E-state index contributed by atoms with van der Waals surface area (Å²) < 4.78 is 37.8. The highest BCUT2D eigenvalue weighted by molar-refractivity contribution is 5.85. The molecule has 2 fully saturated rings. The number of fused-ring (bicyclic) bond motifs is 1. The number of carbonyl (C=O) groups excluding carboxylic acids is 2. The van der Waals surface area contributed by atoms with Crippen molar-refractivity contribution in [2.24, 2.45) is 23.7 Å². The lowest BCUT2D eigenvalue weighted by atomic mass is 10.00. The Kier molecular flexibility index (Phi) is 6.52. The van der Waals surface area contributed by atoms with Gasteiger partial charge in [0.25, 0.3) is 0 Å². The van der Waals surface area contributed by atoms with Gasteiger partial charge in [-0.05, 0) is 36.8 Å². The molecular weight excluding hydrogens is 402 g/mol. The number of hydrogen-bond donors (Lipinski definition) is 0. The van der Waals surface area contributed by atoms with Crippen LogP contribution in [0.15, 0.2) is 48.5 Å². The quantitative estimate of drug-likeness (QED) is 0.645. The number of hydrogen-bond acceptors (Lipinski definition) is 4. The molecular formula is C22H21ClF2O4. The van der Waals surface area contributed by atoms with E-state index in [1.165, 1.54) is 12.1 Å². The zero-order chi connectivity index (χ0) is 19.7. The van der Waals surface area contributed by atoms with Gasteiger partial charge in [-0.3, -0.25) is 9.59 Å². The third kappa shape index (κ3) is 4.42. The molecule has 2 saturated carbocycles. The lowest BCUT2D eigenvalue weighted by Gasteiger charge is -2.14. The number of halogens is 3. The average Bonchev–Trinajstić information content (AvgIpc) is 3.25. The minimum absolute atomic E-state index is 0. The smallest absolute Gasteiger partial charge is 0.309 e. The highest BCUT2D eigenvalue weighted by Gasteiger charge is 2.64. The molecule has 29 heavy (non-hydrogen) atoms. The maximum absolute atomic E-state index is 13.6. The minimum Gasteiger partial charge on any atom is -0.460 e. The van der Waals surface area contributed by atoms with Crippen LogP contribution in [0.4, 0.5) is 8.78 Å².